The molecule has 1 aromatic rings. The number of aliphatic hydroxyl groups excluding tert-OH is 1. The third kappa shape index (κ3) is 6.80. The van der Waals surface area contributed by atoms with Crippen LogP contribution in [0.1, 0.15) is 33.3 Å². The Morgan fingerprint density at radius 3 is 2.36 bits per heavy atom. The van der Waals surface area contributed by atoms with Crippen LogP contribution < -0.4 is 4.74 Å². The fourth-order valence-electron chi connectivity index (χ4n) is 1.80. The van der Waals surface area contributed by atoms with Crippen LogP contribution >= 0.6 is 0 Å². The maximum atomic E-state index is 11.8. The second-order valence-corrected chi connectivity index (χ2v) is 6.32. The number of ether oxygens (including phenoxy) is 2. The lowest BCUT2D eigenvalue weighted by Crippen LogP contribution is -2.40. The SMILES string of the molecule is CCc1ccc(OCC(O)CN(C)C(=O)OC(C)(C)C)cc1. The number of likely N-dealkylation sites (N-methyl/N-ethyl adjacent to an activating group) is 1. The highest BCUT2D eigenvalue weighted by Gasteiger charge is 2.21. The highest BCUT2D eigenvalue weighted by Crippen LogP contribution is 2.13. The molecule has 0 fully saturated rings. The van der Waals surface area contributed by atoms with Crippen LogP contribution in [0, 0.1) is 0 Å². The minimum absolute atomic E-state index is 0.124. The van der Waals surface area contributed by atoms with Crippen LogP contribution in [-0.4, -0.2) is 48.0 Å². The predicted octanol–water partition coefficient (Wildman–Crippen LogP) is 2.86. The van der Waals surface area contributed by atoms with Crippen LogP contribution in [0.4, 0.5) is 4.79 Å². The summed E-state index contributed by atoms with van der Waals surface area (Å²) in [7, 11) is 1.59. The van der Waals surface area contributed by atoms with Crippen molar-refractivity contribution in [3.63, 3.8) is 0 Å². The number of carbonyl (C=O) groups is 1. The van der Waals surface area contributed by atoms with Gasteiger partial charge < -0.3 is 19.5 Å². The van der Waals surface area contributed by atoms with E-state index in [-0.39, 0.29) is 13.2 Å². The van der Waals surface area contributed by atoms with Crippen molar-refractivity contribution in [1.82, 2.24) is 4.90 Å². The summed E-state index contributed by atoms with van der Waals surface area (Å²) < 4.78 is 10.7. The molecule has 1 aromatic carbocycles. The van der Waals surface area contributed by atoms with Gasteiger partial charge in [-0.15, -0.1) is 0 Å². The Balaban J connectivity index is 2.38. The van der Waals surface area contributed by atoms with Gasteiger partial charge in [-0.25, -0.2) is 4.79 Å². The predicted molar refractivity (Wildman–Crippen MR) is 86.2 cm³/mol. The van der Waals surface area contributed by atoms with Gasteiger partial charge in [-0.3, -0.25) is 0 Å². The van der Waals surface area contributed by atoms with E-state index in [9.17, 15) is 9.90 Å². The Labute approximate surface area is 132 Å². The molecule has 1 unspecified atom stereocenters. The van der Waals surface area contributed by atoms with Crippen LogP contribution in [0.3, 0.4) is 0 Å². The van der Waals surface area contributed by atoms with Gasteiger partial charge in [-0.05, 0) is 44.9 Å². The zero-order valence-corrected chi connectivity index (χ0v) is 14.1. The van der Waals surface area contributed by atoms with Crippen LogP contribution in [0.5, 0.6) is 5.75 Å². The quantitative estimate of drug-likeness (QED) is 0.878. The number of carbonyl (C=O) groups excluding carboxylic acids is 1. The number of nitrogens with zero attached hydrogens (tertiary/aromatic N) is 1. The minimum atomic E-state index is -0.775. The first-order valence-corrected chi connectivity index (χ1v) is 7.55. The van der Waals surface area contributed by atoms with Gasteiger partial charge in [0.1, 0.15) is 24.1 Å². The summed E-state index contributed by atoms with van der Waals surface area (Å²) in [4.78, 5) is 13.1. The zero-order valence-electron chi connectivity index (χ0n) is 14.1. The topological polar surface area (TPSA) is 59.0 Å². The van der Waals surface area contributed by atoms with Gasteiger partial charge in [0.05, 0.1) is 6.54 Å². The summed E-state index contributed by atoms with van der Waals surface area (Å²) in [5, 5.41) is 9.95. The molecule has 0 aromatic heterocycles. The molecule has 0 spiro atoms. The second kappa shape index (κ2) is 8.03. The summed E-state index contributed by atoms with van der Waals surface area (Å²) in [5.74, 6) is 0.705. The second-order valence-electron chi connectivity index (χ2n) is 6.32. The average molecular weight is 309 g/mol. The Morgan fingerprint density at radius 2 is 1.86 bits per heavy atom. The molecule has 0 aliphatic carbocycles. The molecule has 0 heterocycles. The smallest absolute Gasteiger partial charge is 0.410 e. The molecule has 22 heavy (non-hydrogen) atoms. The number of benzene rings is 1. The summed E-state index contributed by atoms with van der Waals surface area (Å²) in [6, 6.07) is 7.75. The van der Waals surface area contributed by atoms with Crippen molar-refractivity contribution in [2.45, 2.75) is 45.8 Å². The minimum Gasteiger partial charge on any atom is -0.491 e. The van der Waals surface area contributed by atoms with E-state index in [2.05, 4.69) is 6.92 Å². The average Bonchev–Trinajstić information content (AvgIpc) is 2.43. The van der Waals surface area contributed by atoms with Gasteiger partial charge in [0.15, 0.2) is 0 Å². The maximum Gasteiger partial charge on any atom is 0.410 e. The third-order valence-corrected chi connectivity index (χ3v) is 2.96. The molecule has 0 aliphatic rings. The number of aliphatic hydroxyl groups is 1. The van der Waals surface area contributed by atoms with E-state index in [0.29, 0.717) is 5.75 Å². The molecule has 1 atom stereocenters. The standard InChI is InChI=1S/C17H27NO4/c1-6-13-7-9-15(10-8-13)21-12-14(19)11-18(5)16(20)22-17(2,3)4/h7-10,14,19H,6,11-12H2,1-5H3. The Bertz CT molecular complexity index is 465. The monoisotopic (exact) mass is 309 g/mol. The van der Waals surface area contributed by atoms with Crippen molar-refractivity contribution in [3.05, 3.63) is 29.8 Å². The summed E-state index contributed by atoms with van der Waals surface area (Å²) >= 11 is 0. The van der Waals surface area contributed by atoms with Crippen LogP contribution in [0.15, 0.2) is 24.3 Å². The maximum absolute atomic E-state index is 11.8. The lowest BCUT2D eigenvalue weighted by molar-refractivity contribution is 0.0154. The normalized spacial score (nSPS) is 12.6. The van der Waals surface area contributed by atoms with Gasteiger partial charge in [0.2, 0.25) is 0 Å². The van der Waals surface area contributed by atoms with Crippen LogP contribution in [0.2, 0.25) is 0 Å². The summed E-state index contributed by atoms with van der Waals surface area (Å²) in [6.07, 6.45) is -0.258. The highest BCUT2D eigenvalue weighted by atomic mass is 16.6. The van der Waals surface area contributed by atoms with Crippen LogP contribution in [-0.2, 0) is 11.2 Å². The Hall–Kier alpha value is -1.75. The summed E-state index contributed by atoms with van der Waals surface area (Å²) in [5.41, 5.74) is 0.686. The first-order chi connectivity index (χ1) is 10.2. The summed E-state index contributed by atoms with van der Waals surface area (Å²) in [6.45, 7) is 7.78. The van der Waals surface area contributed by atoms with E-state index < -0.39 is 17.8 Å². The lowest BCUT2D eigenvalue weighted by atomic mass is 10.2. The number of hydrogen-bond acceptors (Lipinski definition) is 4. The first kappa shape index (κ1) is 18.3. The number of rotatable bonds is 6. The van der Waals surface area contributed by atoms with Crippen LogP contribution in [0.25, 0.3) is 0 Å². The Kier molecular flexibility index (Phi) is 6.68. The highest BCUT2D eigenvalue weighted by molar-refractivity contribution is 5.67. The molecule has 1 amide bonds. The molecule has 1 rings (SSSR count). The molecule has 0 bridgehead atoms. The molecule has 0 aliphatic heterocycles. The third-order valence-electron chi connectivity index (χ3n) is 2.96. The van der Waals surface area contributed by atoms with E-state index in [1.165, 1.54) is 10.5 Å². The zero-order chi connectivity index (χ0) is 16.8. The lowest BCUT2D eigenvalue weighted by Gasteiger charge is -2.26. The first-order valence-electron chi connectivity index (χ1n) is 7.55. The molecular weight excluding hydrogens is 282 g/mol. The number of aryl methyl sites for hydroxylation is 1. The van der Waals surface area contributed by atoms with Gasteiger partial charge in [-0.1, -0.05) is 19.1 Å². The van der Waals surface area contributed by atoms with E-state index in [1.807, 2.05) is 24.3 Å². The van der Waals surface area contributed by atoms with Crippen molar-refractivity contribution in [2.24, 2.45) is 0 Å². The molecule has 5 heteroatoms. The fraction of sp³-hybridized carbons (Fsp3) is 0.588. The number of amides is 1. The largest absolute Gasteiger partial charge is 0.491 e. The van der Waals surface area contributed by atoms with E-state index >= 15 is 0 Å². The molecule has 124 valence electrons. The number of hydrogen-bond donors (Lipinski definition) is 1. The molecular formula is C17H27NO4. The molecule has 0 saturated heterocycles. The van der Waals surface area contributed by atoms with Gasteiger partial charge >= 0.3 is 6.09 Å². The van der Waals surface area contributed by atoms with Gasteiger partial charge in [0.25, 0.3) is 0 Å². The van der Waals surface area contributed by atoms with E-state index in [0.717, 1.165) is 6.42 Å². The molecule has 0 radical (unpaired) electrons. The molecule has 5 nitrogen and oxygen atoms in total. The molecule has 0 saturated carbocycles. The van der Waals surface area contributed by atoms with Crippen molar-refractivity contribution >= 4 is 6.09 Å². The Morgan fingerprint density at radius 1 is 1.27 bits per heavy atom. The van der Waals surface area contributed by atoms with Crippen molar-refractivity contribution in [2.75, 3.05) is 20.2 Å². The van der Waals surface area contributed by atoms with Gasteiger partial charge in [-0.2, -0.15) is 0 Å². The molecule has 1 N–H and O–H groups in total. The van der Waals surface area contributed by atoms with Crippen molar-refractivity contribution in [3.8, 4) is 5.75 Å². The van der Waals surface area contributed by atoms with Crippen molar-refractivity contribution < 1.29 is 19.4 Å². The van der Waals surface area contributed by atoms with E-state index in [1.54, 1.807) is 27.8 Å². The van der Waals surface area contributed by atoms with Gasteiger partial charge in [0, 0.05) is 7.05 Å². The van der Waals surface area contributed by atoms with E-state index in [4.69, 9.17) is 9.47 Å². The fourth-order valence-corrected chi connectivity index (χ4v) is 1.80. The van der Waals surface area contributed by atoms with Crippen molar-refractivity contribution in [1.29, 1.82) is 0 Å².